The molecule has 0 heterocycles. The zero-order valence-electron chi connectivity index (χ0n) is 12.9. The lowest BCUT2D eigenvalue weighted by Gasteiger charge is -2.17. The molecule has 0 aromatic heterocycles. The van der Waals surface area contributed by atoms with E-state index in [1.807, 2.05) is 20.8 Å². The van der Waals surface area contributed by atoms with Crippen molar-refractivity contribution in [2.75, 3.05) is 24.7 Å². The molecule has 0 amide bonds. The normalized spacial score (nSPS) is 13.1. The molecule has 6 heteroatoms. The fraction of sp³-hybridized carbons (Fsp3) is 0.600. The van der Waals surface area contributed by atoms with Gasteiger partial charge in [0.25, 0.3) is 0 Å². The predicted octanol–water partition coefficient (Wildman–Crippen LogP) is 2.70. The van der Waals surface area contributed by atoms with Crippen LogP contribution in [-0.4, -0.2) is 33.1 Å². The summed E-state index contributed by atoms with van der Waals surface area (Å²) in [5, 5.41) is 3.23. The van der Waals surface area contributed by atoms with Crippen LogP contribution in [0, 0.1) is 5.82 Å². The van der Waals surface area contributed by atoms with Crippen molar-refractivity contribution >= 4 is 9.84 Å². The molecule has 1 unspecified atom stereocenters. The summed E-state index contributed by atoms with van der Waals surface area (Å²) in [6.07, 6.45) is 0.588. The second kappa shape index (κ2) is 8.34. The standard InChI is InChI=1S/C15H24FNO3S/c1-4-9-21(18,19)10-8-20-15-11-13(16)6-7-14(15)12(3)17-5-2/h6-7,11-12,17H,4-5,8-10H2,1-3H3. The molecule has 1 aromatic rings. The molecule has 4 nitrogen and oxygen atoms in total. The largest absolute Gasteiger partial charge is 0.492 e. The van der Waals surface area contributed by atoms with E-state index in [1.54, 1.807) is 6.07 Å². The van der Waals surface area contributed by atoms with Gasteiger partial charge in [-0.1, -0.05) is 19.9 Å². The Bertz CT molecular complexity index is 546. The molecule has 0 fully saturated rings. The maximum Gasteiger partial charge on any atom is 0.153 e. The van der Waals surface area contributed by atoms with Crippen LogP contribution >= 0.6 is 0 Å². The molecule has 0 radical (unpaired) electrons. The number of rotatable bonds is 9. The third-order valence-corrected chi connectivity index (χ3v) is 4.94. The van der Waals surface area contributed by atoms with Gasteiger partial charge in [-0.25, -0.2) is 12.8 Å². The Labute approximate surface area is 126 Å². The first-order valence-corrected chi connectivity index (χ1v) is 9.07. The van der Waals surface area contributed by atoms with E-state index < -0.39 is 15.7 Å². The molecule has 0 bridgehead atoms. The molecule has 0 saturated heterocycles. The first-order chi connectivity index (χ1) is 9.89. The third-order valence-electron chi connectivity index (χ3n) is 3.12. The summed E-state index contributed by atoms with van der Waals surface area (Å²) in [4.78, 5) is 0. The van der Waals surface area contributed by atoms with E-state index in [0.29, 0.717) is 12.2 Å². The average molecular weight is 317 g/mol. The fourth-order valence-corrected chi connectivity index (χ4v) is 3.26. The lowest BCUT2D eigenvalue weighted by atomic mass is 10.1. The van der Waals surface area contributed by atoms with E-state index >= 15 is 0 Å². The number of ether oxygens (including phenoxy) is 1. The van der Waals surface area contributed by atoms with Gasteiger partial charge in [0.15, 0.2) is 9.84 Å². The van der Waals surface area contributed by atoms with E-state index in [4.69, 9.17) is 4.74 Å². The monoisotopic (exact) mass is 317 g/mol. The maximum atomic E-state index is 13.4. The van der Waals surface area contributed by atoms with Gasteiger partial charge in [-0.05, 0) is 26.0 Å². The number of nitrogens with one attached hydrogen (secondary N) is 1. The van der Waals surface area contributed by atoms with Crippen molar-refractivity contribution in [2.24, 2.45) is 0 Å². The lowest BCUT2D eigenvalue weighted by molar-refractivity contribution is 0.331. The van der Waals surface area contributed by atoms with Crippen LogP contribution < -0.4 is 10.1 Å². The van der Waals surface area contributed by atoms with Crippen LogP contribution in [0.15, 0.2) is 18.2 Å². The smallest absolute Gasteiger partial charge is 0.153 e. The van der Waals surface area contributed by atoms with Crippen molar-refractivity contribution < 1.29 is 17.5 Å². The number of hydrogen-bond acceptors (Lipinski definition) is 4. The summed E-state index contributed by atoms with van der Waals surface area (Å²) in [7, 11) is -3.09. The highest BCUT2D eigenvalue weighted by molar-refractivity contribution is 7.91. The fourth-order valence-electron chi connectivity index (χ4n) is 2.10. The minimum Gasteiger partial charge on any atom is -0.492 e. The number of benzene rings is 1. The second-order valence-corrected chi connectivity index (χ2v) is 7.27. The molecule has 1 aromatic carbocycles. The molecule has 0 saturated carbocycles. The van der Waals surface area contributed by atoms with Crippen molar-refractivity contribution in [2.45, 2.75) is 33.2 Å². The molecule has 21 heavy (non-hydrogen) atoms. The van der Waals surface area contributed by atoms with Gasteiger partial charge in [0.2, 0.25) is 0 Å². The van der Waals surface area contributed by atoms with Crippen molar-refractivity contribution in [1.29, 1.82) is 0 Å². The molecule has 0 aliphatic carbocycles. The molecule has 0 aliphatic rings. The number of hydrogen-bond donors (Lipinski definition) is 1. The second-order valence-electron chi connectivity index (χ2n) is 4.96. The van der Waals surface area contributed by atoms with E-state index in [1.165, 1.54) is 12.1 Å². The minimum atomic E-state index is -3.09. The molecular weight excluding hydrogens is 293 g/mol. The van der Waals surface area contributed by atoms with Gasteiger partial charge in [-0.15, -0.1) is 0 Å². The zero-order chi connectivity index (χ0) is 15.9. The SMILES string of the molecule is CCCS(=O)(=O)CCOc1cc(F)ccc1C(C)NCC. The maximum absolute atomic E-state index is 13.4. The number of halogens is 1. The molecule has 1 atom stereocenters. The van der Waals surface area contributed by atoms with Crippen LogP contribution in [0.2, 0.25) is 0 Å². The van der Waals surface area contributed by atoms with E-state index in [-0.39, 0.29) is 24.2 Å². The average Bonchev–Trinajstić information content (AvgIpc) is 2.38. The molecule has 0 spiro atoms. The Hall–Kier alpha value is -1.14. The van der Waals surface area contributed by atoms with Crippen LogP contribution in [0.4, 0.5) is 4.39 Å². The predicted molar refractivity (Wildman–Crippen MR) is 82.9 cm³/mol. The quantitative estimate of drug-likeness (QED) is 0.761. The Morgan fingerprint density at radius 3 is 2.62 bits per heavy atom. The van der Waals surface area contributed by atoms with Crippen LogP contribution in [0.25, 0.3) is 0 Å². The van der Waals surface area contributed by atoms with Gasteiger partial charge in [-0.2, -0.15) is 0 Å². The topological polar surface area (TPSA) is 55.4 Å². The Kier molecular flexibility index (Phi) is 7.11. The summed E-state index contributed by atoms with van der Waals surface area (Å²) in [6.45, 7) is 6.58. The van der Waals surface area contributed by atoms with E-state index in [2.05, 4.69) is 5.32 Å². The van der Waals surface area contributed by atoms with Crippen LogP contribution in [0.3, 0.4) is 0 Å². The van der Waals surface area contributed by atoms with Crippen LogP contribution in [-0.2, 0) is 9.84 Å². The Morgan fingerprint density at radius 1 is 1.29 bits per heavy atom. The van der Waals surface area contributed by atoms with Crippen LogP contribution in [0.1, 0.15) is 38.8 Å². The van der Waals surface area contributed by atoms with Crippen molar-refractivity contribution in [3.63, 3.8) is 0 Å². The van der Waals surface area contributed by atoms with Crippen molar-refractivity contribution in [1.82, 2.24) is 5.32 Å². The van der Waals surface area contributed by atoms with Crippen molar-refractivity contribution in [3.05, 3.63) is 29.6 Å². The first kappa shape index (κ1) is 17.9. The zero-order valence-corrected chi connectivity index (χ0v) is 13.7. The molecular formula is C15H24FNO3S. The minimum absolute atomic E-state index is 0.0119. The van der Waals surface area contributed by atoms with Crippen molar-refractivity contribution in [3.8, 4) is 5.75 Å². The van der Waals surface area contributed by atoms with Gasteiger partial charge >= 0.3 is 0 Å². The highest BCUT2D eigenvalue weighted by Crippen LogP contribution is 2.26. The van der Waals surface area contributed by atoms with Crippen LogP contribution in [0.5, 0.6) is 5.75 Å². The van der Waals surface area contributed by atoms with Gasteiger partial charge in [-0.3, -0.25) is 0 Å². The Morgan fingerprint density at radius 2 is 2.00 bits per heavy atom. The summed E-state index contributed by atoms with van der Waals surface area (Å²) in [5.41, 5.74) is 0.825. The van der Waals surface area contributed by atoms with Gasteiger partial charge in [0.05, 0.1) is 11.5 Å². The van der Waals surface area contributed by atoms with Gasteiger partial charge < -0.3 is 10.1 Å². The summed E-state index contributed by atoms with van der Waals surface area (Å²) >= 11 is 0. The molecule has 0 aliphatic heterocycles. The highest BCUT2D eigenvalue weighted by atomic mass is 32.2. The Balaban J connectivity index is 2.75. The first-order valence-electron chi connectivity index (χ1n) is 7.25. The van der Waals surface area contributed by atoms with Gasteiger partial charge in [0.1, 0.15) is 18.2 Å². The lowest BCUT2D eigenvalue weighted by Crippen LogP contribution is -2.20. The molecule has 1 rings (SSSR count). The summed E-state index contributed by atoms with van der Waals surface area (Å²) in [6, 6.07) is 4.36. The summed E-state index contributed by atoms with van der Waals surface area (Å²) < 4.78 is 42.2. The van der Waals surface area contributed by atoms with Gasteiger partial charge in [0, 0.05) is 17.7 Å². The number of sulfone groups is 1. The summed E-state index contributed by atoms with van der Waals surface area (Å²) in [5.74, 6) is 0.107. The van der Waals surface area contributed by atoms with E-state index in [9.17, 15) is 12.8 Å². The van der Waals surface area contributed by atoms with E-state index in [0.717, 1.165) is 12.1 Å². The molecule has 120 valence electrons. The third kappa shape index (κ3) is 6.01. The highest BCUT2D eigenvalue weighted by Gasteiger charge is 2.14. The molecule has 1 N–H and O–H groups in total.